The fourth-order valence-electron chi connectivity index (χ4n) is 1.02. The van der Waals surface area contributed by atoms with Crippen LogP contribution < -0.4 is 0 Å². The minimum absolute atomic E-state index is 0.184. The van der Waals surface area contributed by atoms with Crippen LogP contribution in [0.25, 0.3) is 0 Å². The fourth-order valence-corrected chi connectivity index (χ4v) is 1.02. The number of hydrogen-bond acceptors (Lipinski definition) is 2. The van der Waals surface area contributed by atoms with Crippen molar-refractivity contribution in [1.82, 2.24) is 0 Å². The van der Waals surface area contributed by atoms with Crippen LogP contribution in [-0.2, 0) is 9.53 Å². The minimum atomic E-state index is -0.184. The first-order chi connectivity index (χ1) is 6.16. The summed E-state index contributed by atoms with van der Waals surface area (Å²) in [5.41, 5.74) is 0. The predicted octanol–water partition coefficient (Wildman–Crippen LogP) is 2.93. The van der Waals surface area contributed by atoms with Gasteiger partial charge in [-0.05, 0) is 25.2 Å². The van der Waals surface area contributed by atoms with E-state index in [-0.39, 0.29) is 5.97 Å². The molecule has 0 fully saturated rings. The standard InChI is InChI=1S/C11H20O2/c1-4-5-6-7-10(2)8-9-13-11(3)12/h5-6,10H,4,7-9H2,1-3H3. The Hall–Kier alpha value is -0.790. The summed E-state index contributed by atoms with van der Waals surface area (Å²) < 4.78 is 4.86. The van der Waals surface area contributed by atoms with Crippen molar-refractivity contribution in [3.63, 3.8) is 0 Å². The zero-order chi connectivity index (χ0) is 10.1. The molecule has 0 aliphatic rings. The summed E-state index contributed by atoms with van der Waals surface area (Å²) in [6.45, 7) is 6.29. The van der Waals surface area contributed by atoms with Crippen LogP contribution in [0.4, 0.5) is 0 Å². The molecular weight excluding hydrogens is 164 g/mol. The Morgan fingerprint density at radius 3 is 2.69 bits per heavy atom. The number of carbonyl (C=O) groups excluding carboxylic acids is 1. The van der Waals surface area contributed by atoms with E-state index >= 15 is 0 Å². The second-order valence-electron chi connectivity index (χ2n) is 3.35. The molecule has 0 aromatic heterocycles. The third kappa shape index (κ3) is 9.12. The zero-order valence-corrected chi connectivity index (χ0v) is 8.88. The molecule has 0 saturated carbocycles. The number of ether oxygens (including phenoxy) is 1. The minimum Gasteiger partial charge on any atom is -0.466 e. The Bertz CT molecular complexity index is 161. The van der Waals surface area contributed by atoms with Crippen LogP contribution in [0, 0.1) is 5.92 Å². The molecule has 2 heteroatoms. The van der Waals surface area contributed by atoms with E-state index in [4.69, 9.17) is 4.74 Å². The van der Waals surface area contributed by atoms with Gasteiger partial charge in [-0.3, -0.25) is 4.79 Å². The van der Waals surface area contributed by atoms with Gasteiger partial charge in [0.2, 0.25) is 0 Å². The first kappa shape index (κ1) is 12.2. The van der Waals surface area contributed by atoms with Crippen molar-refractivity contribution in [2.75, 3.05) is 6.61 Å². The van der Waals surface area contributed by atoms with Crippen molar-refractivity contribution in [2.45, 2.75) is 40.0 Å². The molecule has 0 bridgehead atoms. The normalized spacial score (nSPS) is 13.2. The Kier molecular flexibility index (Phi) is 7.36. The highest BCUT2D eigenvalue weighted by atomic mass is 16.5. The van der Waals surface area contributed by atoms with Crippen molar-refractivity contribution in [2.24, 2.45) is 5.92 Å². The lowest BCUT2D eigenvalue weighted by molar-refractivity contribution is -0.141. The summed E-state index contributed by atoms with van der Waals surface area (Å²) in [5, 5.41) is 0. The van der Waals surface area contributed by atoms with Crippen LogP contribution in [0.2, 0.25) is 0 Å². The van der Waals surface area contributed by atoms with Crippen molar-refractivity contribution >= 4 is 5.97 Å². The average Bonchev–Trinajstić information content (AvgIpc) is 2.04. The highest BCUT2D eigenvalue weighted by Gasteiger charge is 2.00. The van der Waals surface area contributed by atoms with Crippen LogP contribution in [0.15, 0.2) is 12.2 Å². The lowest BCUT2D eigenvalue weighted by Gasteiger charge is -2.07. The van der Waals surface area contributed by atoms with Crippen LogP contribution in [0.3, 0.4) is 0 Å². The molecule has 0 heterocycles. The second kappa shape index (κ2) is 7.84. The van der Waals surface area contributed by atoms with Gasteiger partial charge in [0.25, 0.3) is 0 Å². The topological polar surface area (TPSA) is 26.3 Å². The summed E-state index contributed by atoms with van der Waals surface area (Å²) in [7, 11) is 0. The van der Waals surface area contributed by atoms with Crippen LogP contribution in [-0.4, -0.2) is 12.6 Å². The molecule has 1 unspecified atom stereocenters. The summed E-state index contributed by atoms with van der Waals surface area (Å²) in [6.07, 6.45) is 7.49. The molecule has 0 aliphatic carbocycles. The van der Waals surface area contributed by atoms with Gasteiger partial charge in [-0.1, -0.05) is 26.0 Å². The maximum absolute atomic E-state index is 10.4. The lowest BCUT2D eigenvalue weighted by atomic mass is 10.0. The molecule has 0 rings (SSSR count). The largest absolute Gasteiger partial charge is 0.466 e. The average molecular weight is 184 g/mol. The van der Waals surface area contributed by atoms with Gasteiger partial charge >= 0.3 is 5.97 Å². The summed E-state index contributed by atoms with van der Waals surface area (Å²) in [6, 6.07) is 0. The predicted molar refractivity (Wildman–Crippen MR) is 54.5 cm³/mol. The van der Waals surface area contributed by atoms with E-state index < -0.39 is 0 Å². The molecule has 2 nitrogen and oxygen atoms in total. The van der Waals surface area contributed by atoms with E-state index in [9.17, 15) is 4.79 Å². The van der Waals surface area contributed by atoms with E-state index in [0.717, 1.165) is 19.3 Å². The number of rotatable bonds is 6. The van der Waals surface area contributed by atoms with Gasteiger partial charge in [-0.2, -0.15) is 0 Å². The number of allylic oxidation sites excluding steroid dienone is 2. The van der Waals surface area contributed by atoms with Crippen molar-refractivity contribution in [1.29, 1.82) is 0 Å². The van der Waals surface area contributed by atoms with Gasteiger partial charge in [0.1, 0.15) is 0 Å². The molecule has 0 amide bonds. The van der Waals surface area contributed by atoms with E-state index in [1.165, 1.54) is 6.92 Å². The molecule has 0 saturated heterocycles. The number of hydrogen-bond donors (Lipinski definition) is 0. The van der Waals surface area contributed by atoms with Gasteiger partial charge in [0.15, 0.2) is 0 Å². The quantitative estimate of drug-likeness (QED) is 0.468. The molecule has 0 spiro atoms. The summed E-state index contributed by atoms with van der Waals surface area (Å²) in [4.78, 5) is 10.4. The van der Waals surface area contributed by atoms with Crippen molar-refractivity contribution in [3.8, 4) is 0 Å². The SMILES string of the molecule is CCC=CCC(C)CCOC(C)=O. The highest BCUT2D eigenvalue weighted by molar-refractivity contribution is 5.65. The molecule has 0 aliphatic heterocycles. The zero-order valence-electron chi connectivity index (χ0n) is 8.88. The summed E-state index contributed by atoms with van der Waals surface area (Å²) in [5.74, 6) is 0.415. The molecule has 76 valence electrons. The molecular formula is C11H20O2. The molecule has 0 aromatic carbocycles. The molecule has 0 radical (unpaired) electrons. The van der Waals surface area contributed by atoms with E-state index in [0.29, 0.717) is 12.5 Å². The smallest absolute Gasteiger partial charge is 0.302 e. The van der Waals surface area contributed by atoms with Gasteiger partial charge < -0.3 is 4.74 Å². The Morgan fingerprint density at radius 2 is 2.15 bits per heavy atom. The highest BCUT2D eigenvalue weighted by Crippen LogP contribution is 2.08. The van der Waals surface area contributed by atoms with Gasteiger partial charge in [-0.15, -0.1) is 0 Å². The van der Waals surface area contributed by atoms with Crippen LogP contribution in [0.5, 0.6) is 0 Å². The molecule has 1 atom stereocenters. The van der Waals surface area contributed by atoms with E-state index in [1.54, 1.807) is 0 Å². The Labute approximate surface area is 81.0 Å². The van der Waals surface area contributed by atoms with Gasteiger partial charge in [0, 0.05) is 6.92 Å². The van der Waals surface area contributed by atoms with E-state index in [1.807, 2.05) is 0 Å². The fraction of sp³-hybridized carbons (Fsp3) is 0.727. The van der Waals surface area contributed by atoms with Gasteiger partial charge in [-0.25, -0.2) is 0 Å². The number of carbonyl (C=O) groups is 1. The van der Waals surface area contributed by atoms with Crippen molar-refractivity contribution in [3.05, 3.63) is 12.2 Å². The van der Waals surface area contributed by atoms with Crippen LogP contribution >= 0.6 is 0 Å². The third-order valence-electron chi connectivity index (χ3n) is 1.86. The second-order valence-corrected chi connectivity index (χ2v) is 3.35. The molecule has 0 N–H and O–H groups in total. The van der Waals surface area contributed by atoms with Gasteiger partial charge in [0.05, 0.1) is 6.61 Å². The molecule has 0 aromatic rings. The molecule has 13 heavy (non-hydrogen) atoms. The van der Waals surface area contributed by atoms with Crippen LogP contribution in [0.1, 0.15) is 40.0 Å². The monoisotopic (exact) mass is 184 g/mol. The Morgan fingerprint density at radius 1 is 1.46 bits per heavy atom. The Balaban J connectivity index is 3.34. The maximum atomic E-state index is 10.4. The number of esters is 1. The van der Waals surface area contributed by atoms with Crippen molar-refractivity contribution < 1.29 is 9.53 Å². The summed E-state index contributed by atoms with van der Waals surface area (Å²) >= 11 is 0. The first-order valence-electron chi connectivity index (χ1n) is 4.95. The first-order valence-corrected chi connectivity index (χ1v) is 4.95. The maximum Gasteiger partial charge on any atom is 0.302 e. The third-order valence-corrected chi connectivity index (χ3v) is 1.86. The van der Waals surface area contributed by atoms with E-state index in [2.05, 4.69) is 26.0 Å². The lowest BCUT2D eigenvalue weighted by Crippen LogP contribution is -2.04.